The molecule has 2 aliphatic heterocycles. The molecule has 2 aliphatic rings. The van der Waals surface area contributed by atoms with Gasteiger partial charge in [0.05, 0.1) is 54.4 Å². The molecule has 5 rings (SSSR count). The maximum Gasteiger partial charge on any atom is 0.259 e. The topological polar surface area (TPSA) is 94.9 Å². The van der Waals surface area contributed by atoms with Crippen molar-refractivity contribution in [1.29, 1.82) is 5.26 Å². The largest absolute Gasteiger partial charge is 0.497 e. The number of fused-ring (bicyclic) bond motifs is 2. The molecule has 11 heteroatoms. The van der Waals surface area contributed by atoms with Gasteiger partial charge in [0.25, 0.3) is 8.53 Å². The van der Waals surface area contributed by atoms with E-state index < -0.39 is 38.5 Å². The summed E-state index contributed by atoms with van der Waals surface area (Å²) in [5.41, 5.74) is 0.448. The van der Waals surface area contributed by atoms with E-state index in [1.807, 2.05) is 85.9 Å². The van der Waals surface area contributed by atoms with Crippen LogP contribution in [0.5, 0.6) is 11.5 Å². The molecule has 2 heterocycles. The number of methoxy groups -OCH3 is 2. The molecule has 0 radical (unpaired) electrons. The van der Waals surface area contributed by atoms with Crippen molar-refractivity contribution in [2.75, 3.05) is 47.6 Å². The molecule has 258 valence electrons. The first-order valence-electron chi connectivity index (χ1n) is 16.9. The van der Waals surface area contributed by atoms with Crippen LogP contribution in [0.1, 0.15) is 52.2 Å². The van der Waals surface area contributed by atoms with Crippen molar-refractivity contribution in [2.45, 2.75) is 69.6 Å². The van der Waals surface area contributed by atoms with E-state index >= 15 is 0 Å². The normalized spacial score (nSPS) is 23.7. The van der Waals surface area contributed by atoms with Crippen molar-refractivity contribution in [3.63, 3.8) is 0 Å². The van der Waals surface area contributed by atoms with Gasteiger partial charge in [-0.1, -0.05) is 54.6 Å². The highest BCUT2D eigenvalue weighted by atomic mass is 31.2. The smallest absolute Gasteiger partial charge is 0.259 e. The molecule has 48 heavy (non-hydrogen) atoms. The standard InChI is InChI=1S/C37H48N3O7P/c1-27(2)40(28(3)4)48(45-23-11-22-38)47-35-34-24-43-36(35,25-39(5)46-34)26-44-37(29-12-9-8-10-13-29,30-14-18-32(41-6)19-15-30)31-16-20-33(42-7)21-17-31/h8-10,12-21,27-28,34-35H,11,23-26H2,1-7H3/t34-,35?,36-,48?/m1/s1/i24T/t24-,34+,35?,36+,48?/m0. The lowest BCUT2D eigenvalue weighted by atomic mass is 9.79. The van der Waals surface area contributed by atoms with E-state index in [4.69, 9.17) is 34.2 Å². The minimum atomic E-state index is -1.66. The fourth-order valence-corrected chi connectivity index (χ4v) is 8.29. The lowest BCUT2D eigenvalue weighted by Crippen LogP contribution is -2.61. The molecule has 2 unspecified atom stereocenters. The molecule has 0 amide bonds. The number of ether oxygens (including phenoxy) is 4. The Hall–Kier alpha value is -3.10. The molecule has 0 aliphatic carbocycles. The van der Waals surface area contributed by atoms with E-state index in [0.717, 1.165) is 28.2 Å². The molecule has 2 saturated heterocycles. The van der Waals surface area contributed by atoms with E-state index in [1.165, 1.54) is 0 Å². The number of nitrogens with zero attached hydrogens (tertiary/aromatic N) is 3. The van der Waals surface area contributed by atoms with Crippen LogP contribution in [-0.4, -0.2) is 87.2 Å². The third kappa shape index (κ3) is 7.55. The molecular weight excluding hydrogens is 629 g/mol. The summed E-state index contributed by atoms with van der Waals surface area (Å²) < 4.78 is 49.3. The molecule has 3 aromatic rings. The van der Waals surface area contributed by atoms with Crippen LogP contribution >= 0.6 is 8.53 Å². The first-order chi connectivity index (χ1) is 23.6. The van der Waals surface area contributed by atoms with E-state index in [-0.39, 0.29) is 38.3 Å². The summed E-state index contributed by atoms with van der Waals surface area (Å²) in [5, 5.41) is 11.0. The van der Waals surface area contributed by atoms with Crippen LogP contribution in [0.15, 0.2) is 78.9 Å². The fourth-order valence-electron chi connectivity index (χ4n) is 6.48. The third-order valence-electron chi connectivity index (χ3n) is 8.62. The minimum absolute atomic E-state index is 0.0505. The molecule has 3 aromatic carbocycles. The minimum Gasteiger partial charge on any atom is -0.497 e. The molecule has 0 aromatic heterocycles. The van der Waals surface area contributed by atoms with Crippen molar-refractivity contribution in [2.24, 2.45) is 0 Å². The lowest BCUT2D eigenvalue weighted by Gasteiger charge is -2.46. The predicted molar refractivity (Wildman–Crippen MR) is 185 cm³/mol. The highest BCUT2D eigenvalue weighted by Gasteiger charge is 2.59. The van der Waals surface area contributed by atoms with Gasteiger partial charge in [-0.3, -0.25) is 4.84 Å². The van der Waals surface area contributed by atoms with Gasteiger partial charge in [0.2, 0.25) is 0 Å². The van der Waals surface area contributed by atoms with Crippen LogP contribution in [-0.2, 0) is 29.0 Å². The summed E-state index contributed by atoms with van der Waals surface area (Å²) in [5.74, 6) is 1.45. The summed E-state index contributed by atoms with van der Waals surface area (Å²) >= 11 is 0. The van der Waals surface area contributed by atoms with Gasteiger partial charge in [-0.05, 0) is 68.7 Å². The molecule has 0 N–H and O–H groups in total. The van der Waals surface area contributed by atoms with E-state index in [9.17, 15) is 5.26 Å². The highest BCUT2D eigenvalue weighted by molar-refractivity contribution is 7.44. The number of benzene rings is 3. The first kappa shape index (κ1) is 34.8. The molecule has 10 nitrogen and oxygen atoms in total. The van der Waals surface area contributed by atoms with E-state index in [1.54, 1.807) is 19.3 Å². The Morgan fingerprint density at radius 1 is 0.958 bits per heavy atom. The number of rotatable bonds is 16. The Bertz CT molecular complexity index is 1470. The van der Waals surface area contributed by atoms with Gasteiger partial charge in [-0.15, -0.1) is 0 Å². The van der Waals surface area contributed by atoms with Crippen LogP contribution in [0.3, 0.4) is 0 Å². The second-order valence-corrected chi connectivity index (χ2v) is 13.9. The van der Waals surface area contributed by atoms with Crippen molar-refractivity contribution >= 4 is 8.53 Å². The van der Waals surface area contributed by atoms with Crippen molar-refractivity contribution < 1.29 is 34.2 Å². The fraction of sp³-hybridized carbons (Fsp3) is 0.486. The van der Waals surface area contributed by atoms with Crippen LogP contribution in [0.4, 0.5) is 0 Å². The number of likely N-dealkylation sites (N-methyl/N-ethyl adjacent to an activating group) is 1. The number of hydrogen-bond acceptors (Lipinski definition) is 10. The monoisotopic (exact) mass is 679 g/mol. The third-order valence-corrected chi connectivity index (χ3v) is 10.7. The van der Waals surface area contributed by atoms with Crippen LogP contribution < -0.4 is 9.47 Å². The predicted octanol–water partition coefficient (Wildman–Crippen LogP) is 6.69. The van der Waals surface area contributed by atoms with Crippen molar-refractivity contribution in [1.82, 2.24) is 9.73 Å². The molecule has 2 bridgehead atoms. The summed E-state index contributed by atoms with van der Waals surface area (Å²) in [6.07, 6.45) is -1.21. The average molecular weight is 680 g/mol. The van der Waals surface area contributed by atoms with Gasteiger partial charge in [0.15, 0.2) is 0 Å². The summed E-state index contributed by atoms with van der Waals surface area (Å²) in [7, 11) is 3.46. The number of nitriles is 1. The Morgan fingerprint density at radius 2 is 1.52 bits per heavy atom. The SMILES string of the molecule is [3H][C@@H]1O[C@@]2(COC(c3ccccc3)(c3ccc(OC)cc3)c3ccc(OC)cc3)CN(C)O[C@H]1C2OP(OCCC#N)N(C(C)C)C(C)C. The van der Waals surface area contributed by atoms with Crippen LogP contribution in [0.2, 0.25) is 0 Å². The Kier molecular flexibility index (Phi) is 11.6. The zero-order chi connectivity index (χ0) is 35.2. The second-order valence-electron chi connectivity index (χ2n) is 12.5. The Balaban J connectivity index is 1.61. The molecular formula is C37H48N3O7P. The average Bonchev–Trinajstić information content (AvgIpc) is 3.25. The maximum absolute atomic E-state index is 9.27. The van der Waals surface area contributed by atoms with Crippen LogP contribution in [0.25, 0.3) is 0 Å². The van der Waals surface area contributed by atoms with Crippen molar-refractivity contribution in [3.8, 4) is 17.6 Å². The summed E-state index contributed by atoms with van der Waals surface area (Å²) in [6.45, 7) is 7.88. The van der Waals surface area contributed by atoms with Crippen LogP contribution in [0, 0.1) is 11.3 Å². The number of hydrogen-bond donors (Lipinski definition) is 0. The van der Waals surface area contributed by atoms with Gasteiger partial charge in [0, 0.05) is 19.1 Å². The maximum atomic E-state index is 9.27. The van der Waals surface area contributed by atoms with Crippen molar-refractivity contribution in [3.05, 3.63) is 95.6 Å². The zero-order valence-electron chi connectivity index (χ0n) is 29.9. The highest BCUT2D eigenvalue weighted by Crippen LogP contribution is 2.52. The van der Waals surface area contributed by atoms with Gasteiger partial charge < -0.3 is 28.0 Å². The Labute approximate surface area is 287 Å². The lowest BCUT2D eigenvalue weighted by molar-refractivity contribution is -0.257. The molecule has 5 atom stereocenters. The van der Waals surface area contributed by atoms with E-state index in [2.05, 4.69) is 38.4 Å². The zero-order valence-corrected chi connectivity index (χ0v) is 29.8. The van der Waals surface area contributed by atoms with Gasteiger partial charge >= 0.3 is 0 Å². The van der Waals surface area contributed by atoms with Gasteiger partial charge in [-0.25, -0.2) is 4.67 Å². The molecule has 0 saturated carbocycles. The molecule has 2 fully saturated rings. The second kappa shape index (κ2) is 16.1. The van der Waals surface area contributed by atoms with Gasteiger partial charge in [-0.2, -0.15) is 10.3 Å². The summed E-state index contributed by atoms with van der Waals surface area (Å²) in [4.78, 5) is 6.19. The van der Waals surface area contributed by atoms with E-state index in [0.29, 0.717) is 0 Å². The van der Waals surface area contributed by atoms with Gasteiger partial charge in [0.1, 0.15) is 34.9 Å². The number of hydroxylamine groups is 2. The quantitative estimate of drug-likeness (QED) is 0.0927. The molecule has 0 spiro atoms. The first-order valence-corrected chi connectivity index (χ1v) is 17.4. The summed E-state index contributed by atoms with van der Waals surface area (Å²) in [6, 6.07) is 28.1. The Morgan fingerprint density at radius 3 is 2.04 bits per heavy atom.